The number of nitrogens with zero attached hydrogens (tertiary/aromatic N) is 2. The van der Waals surface area contributed by atoms with Crippen molar-refractivity contribution in [1.29, 1.82) is 10.5 Å². The summed E-state index contributed by atoms with van der Waals surface area (Å²) >= 11 is 0. The number of fused-ring (bicyclic) bond motifs is 1. The van der Waals surface area contributed by atoms with E-state index in [0.29, 0.717) is 28.2 Å². The number of benzene rings is 2. The number of hydrogen-bond acceptors (Lipinski definition) is 5. The predicted octanol–water partition coefficient (Wildman–Crippen LogP) is 2.72. The Balaban J connectivity index is 2.26. The first-order valence-electron chi connectivity index (χ1n) is 6.29. The molecule has 0 spiro atoms. The average Bonchev–Trinajstić information content (AvgIpc) is 2.96. The minimum atomic E-state index is 0.193. The number of nitriles is 2. The number of anilines is 1. The fourth-order valence-corrected chi connectivity index (χ4v) is 2.47. The van der Waals surface area contributed by atoms with Crippen LogP contribution in [0.15, 0.2) is 24.3 Å². The summed E-state index contributed by atoms with van der Waals surface area (Å²) in [5.74, 6) is 1.32. The summed E-state index contributed by atoms with van der Waals surface area (Å²) in [6.07, 6.45) is 0. The molecule has 0 saturated carbocycles. The quantitative estimate of drug-likeness (QED) is 0.809. The molecule has 5 heteroatoms. The van der Waals surface area contributed by atoms with Crippen molar-refractivity contribution in [3.05, 3.63) is 41.0 Å². The molecular weight excluding hydrogens is 266 g/mol. The Labute approximate surface area is 121 Å². The maximum Gasteiger partial charge on any atom is 0.231 e. The smallest absolute Gasteiger partial charge is 0.231 e. The van der Waals surface area contributed by atoms with E-state index in [0.717, 1.165) is 11.1 Å². The third-order valence-corrected chi connectivity index (χ3v) is 3.46. The van der Waals surface area contributed by atoms with E-state index in [1.807, 2.05) is 25.1 Å². The van der Waals surface area contributed by atoms with Crippen LogP contribution in [0, 0.1) is 29.6 Å². The minimum Gasteiger partial charge on any atom is -0.454 e. The number of ether oxygens (including phenoxy) is 2. The van der Waals surface area contributed by atoms with Crippen LogP contribution in [0.4, 0.5) is 5.69 Å². The van der Waals surface area contributed by atoms with Gasteiger partial charge in [0.1, 0.15) is 12.1 Å². The molecule has 0 saturated heterocycles. The lowest BCUT2D eigenvalue weighted by molar-refractivity contribution is 0.174. The SMILES string of the molecule is Cc1cc(C#N)c(N)c(C#N)c1-c1ccc2c(c1)OCO2. The first-order valence-corrected chi connectivity index (χ1v) is 6.29. The Morgan fingerprint density at radius 3 is 2.57 bits per heavy atom. The first-order chi connectivity index (χ1) is 10.2. The summed E-state index contributed by atoms with van der Waals surface area (Å²) in [4.78, 5) is 0. The number of nitrogen functional groups attached to an aromatic ring is 1. The van der Waals surface area contributed by atoms with Crippen molar-refractivity contribution in [2.45, 2.75) is 6.92 Å². The zero-order valence-corrected chi connectivity index (χ0v) is 11.3. The van der Waals surface area contributed by atoms with Crippen molar-refractivity contribution in [2.75, 3.05) is 12.5 Å². The molecule has 1 aliphatic rings. The fourth-order valence-electron chi connectivity index (χ4n) is 2.47. The Morgan fingerprint density at radius 1 is 1.10 bits per heavy atom. The van der Waals surface area contributed by atoms with Crippen molar-refractivity contribution in [3.63, 3.8) is 0 Å². The molecule has 2 aromatic carbocycles. The summed E-state index contributed by atoms with van der Waals surface area (Å²) in [5, 5.41) is 18.5. The highest BCUT2D eigenvalue weighted by Crippen LogP contribution is 2.39. The maximum atomic E-state index is 9.40. The minimum absolute atomic E-state index is 0.193. The summed E-state index contributed by atoms with van der Waals surface area (Å²) in [6.45, 7) is 2.04. The van der Waals surface area contributed by atoms with Gasteiger partial charge in [-0.15, -0.1) is 0 Å². The molecule has 1 heterocycles. The van der Waals surface area contributed by atoms with E-state index in [1.165, 1.54) is 0 Å². The summed E-state index contributed by atoms with van der Waals surface area (Å²) in [7, 11) is 0. The molecule has 2 N–H and O–H groups in total. The normalized spacial score (nSPS) is 11.8. The van der Waals surface area contributed by atoms with Gasteiger partial charge in [0.15, 0.2) is 11.5 Å². The van der Waals surface area contributed by atoms with Crippen LogP contribution in [0.5, 0.6) is 11.5 Å². The number of hydrogen-bond donors (Lipinski definition) is 1. The lowest BCUT2D eigenvalue weighted by Gasteiger charge is -2.12. The monoisotopic (exact) mass is 277 g/mol. The van der Waals surface area contributed by atoms with E-state index in [4.69, 9.17) is 20.5 Å². The molecule has 0 aromatic heterocycles. The van der Waals surface area contributed by atoms with E-state index in [-0.39, 0.29) is 12.5 Å². The topological polar surface area (TPSA) is 92.1 Å². The number of rotatable bonds is 1. The molecule has 0 radical (unpaired) electrons. The summed E-state index contributed by atoms with van der Waals surface area (Å²) < 4.78 is 10.6. The third kappa shape index (κ3) is 1.92. The molecule has 2 aromatic rings. The first kappa shape index (κ1) is 12.8. The van der Waals surface area contributed by atoms with Crippen LogP contribution in [0.25, 0.3) is 11.1 Å². The molecule has 1 aliphatic heterocycles. The van der Waals surface area contributed by atoms with Gasteiger partial charge in [-0.25, -0.2) is 0 Å². The van der Waals surface area contributed by atoms with Crippen LogP contribution < -0.4 is 15.2 Å². The molecule has 0 aliphatic carbocycles. The molecule has 21 heavy (non-hydrogen) atoms. The highest BCUT2D eigenvalue weighted by molar-refractivity contribution is 5.83. The highest BCUT2D eigenvalue weighted by Gasteiger charge is 2.19. The summed E-state index contributed by atoms with van der Waals surface area (Å²) in [5.41, 5.74) is 9.09. The van der Waals surface area contributed by atoms with Crippen LogP contribution in [0.2, 0.25) is 0 Å². The van der Waals surface area contributed by atoms with Gasteiger partial charge in [-0.3, -0.25) is 0 Å². The van der Waals surface area contributed by atoms with E-state index in [2.05, 4.69) is 6.07 Å². The molecule has 0 unspecified atom stereocenters. The molecular formula is C16H11N3O2. The van der Waals surface area contributed by atoms with Gasteiger partial charge in [0.05, 0.1) is 16.8 Å². The largest absolute Gasteiger partial charge is 0.454 e. The van der Waals surface area contributed by atoms with E-state index < -0.39 is 0 Å². The van der Waals surface area contributed by atoms with Gasteiger partial charge in [-0.2, -0.15) is 10.5 Å². The average molecular weight is 277 g/mol. The van der Waals surface area contributed by atoms with Crippen LogP contribution in [-0.4, -0.2) is 6.79 Å². The lowest BCUT2D eigenvalue weighted by atomic mass is 9.91. The molecule has 3 rings (SSSR count). The highest BCUT2D eigenvalue weighted by atomic mass is 16.7. The van der Waals surface area contributed by atoms with Gasteiger partial charge in [-0.1, -0.05) is 6.07 Å². The van der Waals surface area contributed by atoms with Gasteiger partial charge >= 0.3 is 0 Å². The van der Waals surface area contributed by atoms with Crippen LogP contribution in [0.3, 0.4) is 0 Å². The zero-order valence-electron chi connectivity index (χ0n) is 11.3. The van der Waals surface area contributed by atoms with Gasteiger partial charge in [0.2, 0.25) is 6.79 Å². The van der Waals surface area contributed by atoms with Crippen molar-refractivity contribution >= 4 is 5.69 Å². The maximum absolute atomic E-state index is 9.40. The Kier molecular flexibility index (Phi) is 2.89. The molecule has 0 fully saturated rings. The van der Waals surface area contributed by atoms with E-state index in [1.54, 1.807) is 12.1 Å². The molecule has 5 nitrogen and oxygen atoms in total. The van der Waals surface area contributed by atoms with E-state index >= 15 is 0 Å². The second kappa shape index (κ2) is 4.73. The zero-order chi connectivity index (χ0) is 15.0. The summed E-state index contributed by atoms with van der Waals surface area (Å²) in [6, 6.07) is 11.3. The fraction of sp³-hybridized carbons (Fsp3) is 0.125. The second-order valence-corrected chi connectivity index (χ2v) is 4.70. The van der Waals surface area contributed by atoms with Crippen molar-refractivity contribution in [1.82, 2.24) is 0 Å². The van der Waals surface area contributed by atoms with E-state index in [9.17, 15) is 5.26 Å². The third-order valence-electron chi connectivity index (χ3n) is 3.46. The van der Waals surface area contributed by atoms with Crippen molar-refractivity contribution < 1.29 is 9.47 Å². The van der Waals surface area contributed by atoms with Crippen LogP contribution in [0.1, 0.15) is 16.7 Å². The number of nitrogens with two attached hydrogens (primary N) is 1. The molecule has 0 atom stereocenters. The van der Waals surface area contributed by atoms with Gasteiger partial charge < -0.3 is 15.2 Å². The van der Waals surface area contributed by atoms with Gasteiger partial charge in [-0.05, 0) is 36.2 Å². The van der Waals surface area contributed by atoms with Crippen LogP contribution in [-0.2, 0) is 0 Å². The molecule has 0 amide bonds. The van der Waals surface area contributed by atoms with Crippen molar-refractivity contribution in [2.24, 2.45) is 0 Å². The Bertz CT molecular complexity index is 829. The van der Waals surface area contributed by atoms with Gasteiger partial charge in [0, 0.05) is 5.56 Å². The Hall–Kier alpha value is -3.18. The predicted molar refractivity (Wildman–Crippen MR) is 76.6 cm³/mol. The standard InChI is InChI=1S/C16H11N3O2/c1-9-4-11(6-17)16(19)12(7-18)15(9)10-2-3-13-14(5-10)21-8-20-13/h2-5H,8,19H2,1H3. The lowest BCUT2D eigenvalue weighted by Crippen LogP contribution is -2.00. The number of aryl methyl sites for hydroxylation is 1. The van der Waals surface area contributed by atoms with Crippen molar-refractivity contribution in [3.8, 4) is 34.8 Å². The van der Waals surface area contributed by atoms with Gasteiger partial charge in [0.25, 0.3) is 0 Å². The van der Waals surface area contributed by atoms with Crippen LogP contribution >= 0.6 is 0 Å². The molecule has 0 bridgehead atoms. The Morgan fingerprint density at radius 2 is 1.86 bits per heavy atom. The molecule has 102 valence electrons. The second-order valence-electron chi connectivity index (χ2n) is 4.70.